The SMILES string of the molecule is CC1CN(C(=O)C2(C)CCCCC2)C(C)CN1. The van der Waals surface area contributed by atoms with Gasteiger partial charge >= 0.3 is 0 Å². The summed E-state index contributed by atoms with van der Waals surface area (Å²) < 4.78 is 0. The van der Waals surface area contributed by atoms with E-state index in [1.807, 2.05) is 0 Å². The minimum Gasteiger partial charge on any atom is -0.337 e. The van der Waals surface area contributed by atoms with Crippen LogP contribution in [0, 0.1) is 5.41 Å². The van der Waals surface area contributed by atoms with Gasteiger partial charge in [0.25, 0.3) is 0 Å². The van der Waals surface area contributed by atoms with Crippen LogP contribution in [0.1, 0.15) is 52.9 Å². The lowest BCUT2D eigenvalue weighted by Crippen LogP contribution is -2.59. The first kappa shape index (κ1) is 12.9. The molecule has 1 saturated carbocycles. The van der Waals surface area contributed by atoms with Crippen molar-refractivity contribution in [3.05, 3.63) is 0 Å². The second kappa shape index (κ2) is 4.97. The first-order valence-electron chi connectivity index (χ1n) is 7.07. The van der Waals surface area contributed by atoms with Crippen molar-refractivity contribution in [2.45, 2.75) is 65.0 Å². The van der Waals surface area contributed by atoms with Crippen molar-refractivity contribution in [3.63, 3.8) is 0 Å². The van der Waals surface area contributed by atoms with Crippen molar-refractivity contribution in [2.75, 3.05) is 13.1 Å². The fourth-order valence-electron chi connectivity index (χ4n) is 3.20. The van der Waals surface area contributed by atoms with Gasteiger partial charge in [0.15, 0.2) is 0 Å². The highest BCUT2D eigenvalue weighted by Crippen LogP contribution is 2.38. The number of hydrogen-bond acceptors (Lipinski definition) is 2. The molecular formula is C14H26N2O. The molecule has 2 unspecified atom stereocenters. The maximum absolute atomic E-state index is 12.7. The molecule has 1 aliphatic carbocycles. The van der Waals surface area contributed by atoms with E-state index in [0.29, 0.717) is 18.0 Å². The summed E-state index contributed by atoms with van der Waals surface area (Å²) in [5.41, 5.74) is -0.0798. The third-order valence-corrected chi connectivity index (χ3v) is 4.50. The highest BCUT2D eigenvalue weighted by atomic mass is 16.2. The topological polar surface area (TPSA) is 32.3 Å². The normalized spacial score (nSPS) is 33.5. The molecule has 1 N–H and O–H groups in total. The standard InChI is InChI=1S/C14H26N2O/c1-11-10-16(12(2)9-15-11)13(17)14(3)7-5-4-6-8-14/h11-12,15H,4-10H2,1-3H3. The fraction of sp³-hybridized carbons (Fsp3) is 0.929. The molecule has 2 fully saturated rings. The molecule has 3 nitrogen and oxygen atoms in total. The van der Waals surface area contributed by atoms with Gasteiger partial charge < -0.3 is 10.2 Å². The third kappa shape index (κ3) is 2.65. The molecule has 1 heterocycles. The highest BCUT2D eigenvalue weighted by Gasteiger charge is 2.40. The summed E-state index contributed by atoms with van der Waals surface area (Å²) in [6.45, 7) is 8.30. The first-order chi connectivity index (χ1) is 8.03. The molecule has 0 spiro atoms. The number of carbonyl (C=O) groups excluding carboxylic acids is 1. The van der Waals surface area contributed by atoms with Gasteiger partial charge in [-0.15, -0.1) is 0 Å². The second-order valence-electron chi connectivity index (χ2n) is 6.24. The minimum atomic E-state index is -0.0798. The smallest absolute Gasteiger partial charge is 0.228 e. The summed E-state index contributed by atoms with van der Waals surface area (Å²) in [4.78, 5) is 14.8. The van der Waals surface area contributed by atoms with E-state index >= 15 is 0 Å². The van der Waals surface area contributed by atoms with Gasteiger partial charge in [-0.2, -0.15) is 0 Å². The van der Waals surface area contributed by atoms with Crippen LogP contribution in [0.4, 0.5) is 0 Å². The number of piperazine rings is 1. The molecule has 3 heteroatoms. The number of carbonyl (C=O) groups is 1. The average Bonchev–Trinajstić information content (AvgIpc) is 2.32. The van der Waals surface area contributed by atoms with Crippen LogP contribution in [-0.4, -0.2) is 36.0 Å². The van der Waals surface area contributed by atoms with Crippen LogP contribution >= 0.6 is 0 Å². The van der Waals surface area contributed by atoms with Gasteiger partial charge in [0.05, 0.1) is 0 Å². The van der Waals surface area contributed by atoms with Crippen LogP contribution in [-0.2, 0) is 4.79 Å². The van der Waals surface area contributed by atoms with Crippen LogP contribution in [0.2, 0.25) is 0 Å². The van der Waals surface area contributed by atoms with Crippen molar-refractivity contribution in [1.82, 2.24) is 10.2 Å². The summed E-state index contributed by atoms with van der Waals surface area (Å²) in [7, 11) is 0. The van der Waals surface area contributed by atoms with Crippen LogP contribution < -0.4 is 5.32 Å². The van der Waals surface area contributed by atoms with Crippen molar-refractivity contribution >= 4 is 5.91 Å². The monoisotopic (exact) mass is 238 g/mol. The van der Waals surface area contributed by atoms with E-state index in [0.717, 1.165) is 25.9 Å². The summed E-state index contributed by atoms with van der Waals surface area (Å²) in [5, 5.41) is 3.44. The molecule has 2 atom stereocenters. The molecule has 0 bridgehead atoms. The summed E-state index contributed by atoms with van der Waals surface area (Å²) in [6.07, 6.45) is 5.90. The Hall–Kier alpha value is -0.570. The highest BCUT2D eigenvalue weighted by molar-refractivity contribution is 5.83. The predicted octanol–water partition coefficient (Wildman–Crippen LogP) is 2.17. The largest absolute Gasteiger partial charge is 0.337 e. The lowest BCUT2D eigenvalue weighted by atomic mass is 9.74. The number of rotatable bonds is 1. The molecule has 0 radical (unpaired) electrons. The molecule has 17 heavy (non-hydrogen) atoms. The first-order valence-corrected chi connectivity index (χ1v) is 7.07. The molecule has 0 aromatic carbocycles. The van der Waals surface area contributed by atoms with E-state index in [1.54, 1.807) is 0 Å². The summed E-state index contributed by atoms with van der Waals surface area (Å²) in [6, 6.07) is 0.778. The van der Waals surface area contributed by atoms with Crippen molar-refractivity contribution < 1.29 is 4.79 Å². The van der Waals surface area contributed by atoms with Gasteiger partial charge in [0.1, 0.15) is 0 Å². The van der Waals surface area contributed by atoms with Crippen LogP contribution in [0.3, 0.4) is 0 Å². The number of nitrogens with one attached hydrogen (secondary N) is 1. The fourth-order valence-corrected chi connectivity index (χ4v) is 3.20. The van der Waals surface area contributed by atoms with E-state index in [2.05, 4.69) is 31.0 Å². The molecule has 0 aromatic heterocycles. The Morgan fingerprint density at radius 1 is 1.24 bits per heavy atom. The zero-order valence-corrected chi connectivity index (χ0v) is 11.5. The van der Waals surface area contributed by atoms with E-state index in [4.69, 9.17) is 0 Å². The molecule has 1 aliphatic heterocycles. The van der Waals surface area contributed by atoms with Crippen molar-refractivity contribution in [1.29, 1.82) is 0 Å². The Labute approximate surface area is 105 Å². The Balaban J connectivity index is 2.06. The Morgan fingerprint density at radius 2 is 1.88 bits per heavy atom. The van der Waals surface area contributed by atoms with Crippen LogP contribution in [0.25, 0.3) is 0 Å². The number of nitrogens with zero attached hydrogens (tertiary/aromatic N) is 1. The number of amides is 1. The maximum atomic E-state index is 12.7. The van der Waals surface area contributed by atoms with E-state index in [-0.39, 0.29) is 5.41 Å². The van der Waals surface area contributed by atoms with E-state index < -0.39 is 0 Å². The Bertz CT molecular complexity index is 284. The lowest BCUT2D eigenvalue weighted by molar-refractivity contribution is -0.146. The summed E-state index contributed by atoms with van der Waals surface area (Å²) >= 11 is 0. The summed E-state index contributed by atoms with van der Waals surface area (Å²) in [5.74, 6) is 0.401. The molecule has 2 rings (SSSR count). The van der Waals surface area contributed by atoms with Crippen LogP contribution in [0.5, 0.6) is 0 Å². The third-order valence-electron chi connectivity index (χ3n) is 4.50. The second-order valence-corrected chi connectivity index (χ2v) is 6.24. The Morgan fingerprint density at radius 3 is 2.53 bits per heavy atom. The zero-order chi connectivity index (χ0) is 12.5. The molecule has 0 aromatic rings. The maximum Gasteiger partial charge on any atom is 0.228 e. The quantitative estimate of drug-likeness (QED) is 0.759. The van der Waals surface area contributed by atoms with E-state index in [9.17, 15) is 4.79 Å². The van der Waals surface area contributed by atoms with E-state index in [1.165, 1.54) is 19.3 Å². The average molecular weight is 238 g/mol. The minimum absolute atomic E-state index is 0.0798. The molecule has 1 amide bonds. The van der Waals surface area contributed by atoms with Crippen molar-refractivity contribution in [3.8, 4) is 0 Å². The van der Waals surface area contributed by atoms with Gasteiger partial charge in [-0.3, -0.25) is 4.79 Å². The van der Waals surface area contributed by atoms with Gasteiger partial charge in [-0.25, -0.2) is 0 Å². The van der Waals surface area contributed by atoms with Gasteiger partial charge in [0.2, 0.25) is 5.91 Å². The van der Waals surface area contributed by atoms with Crippen molar-refractivity contribution in [2.24, 2.45) is 5.41 Å². The molecule has 2 aliphatic rings. The molecule has 98 valence electrons. The van der Waals surface area contributed by atoms with Gasteiger partial charge in [-0.05, 0) is 26.7 Å². The van der Waals surface area contributed by atoms with Gasteiger partial charge in [-0.1, -0.05) is 26.2 Å². The lowest BCUT2D eigenvalue weighted by Gasteiger charge is -2.43. The number of hydrogen-bond donors (Lipinski definition) is 1. The molecular weight excluding hydrogens is 212 g/mol. The predicted molar refractivity (Wildman–Crippen MR) is 69.8 cm³/mol. The zero-order valence-electron chi connectivity index (χ0n) is 11.5. The Kier molecular flexibility index (Phi) is 3.76. The van der Waals surface area contributed by atoms with Gasteiger partial charge in [0, 0.05) is 30.6 Å². The van der Waals surface area contributed by atoms with Crippen LogP contribution in [0.15, 0.2) is 0 Å². The molecule has 1 saturated heterocycles.